The van der Waals surface area contributed by atoms with Crippen molar-refractivity contribution in [3.8, 4) is 0 Å². The highest BCUT2D eigenvalue weighted by Crippen LogP contribution is 2.38. The molecule has 0 aromatic carbocycles. The van der Waals surface area contributed by atoms with E-state index in [-0.39, 0.29) is 18.9 Å². The number of hydrogen-bond acceptors (Lipinski definition) is 7. The third-order valence-corrected chi connectivity index (χ3v) is 14.3. The van der Waals surface area contributed by atoms with Crippen LogP contribution < -0.4 is 10.2 Å². The van der Waals surface area contributed by atoms with Crippen LogP contribution in [-0.4, -0.2) is 69.4 Å². The molecule has 0 aromatic heterocycles. The molecule has 0 aliphatic rings. The van der Waals surface area contributed by atoms with Crippen molar-refractivity contribution >= 4 is 19.7 Å². The lowest BCUT2D eigenvalue weighted by molar-refractivity contribution is -0.870. The second kappa shape index (κ2) is 54.5. The van der Waals surface area contributed by atoms with Gasteiger partial charge < -0.3 is 28.5 Å². The number of nitrogens with one attached hydrogen (secondary N) is 1. The summed E-state index contributed by atoms with van der Waals surface area (Å²) in [5.41, 5.74) is 0. The largest absolute Gasteiger partial charge is 0.756 e. The molecule has 0 aliphatic carbocycles. The molecule has 1 N–H and O–H groups in total. The number of carbonyl (C=O) groups is 2. The van der Waals surface area contributed by atoms with Crippen LogP contribution in [0, 0.1) is 0 Å². The molecular weight excluding hydrogens is 952 g/mol. The van der Waals surface area contributed by atoms with Crippen LogP contribution in [0.15, 0.2) is 85.1 Å². The van der Waals surface area contributed by atoms with E-state index in [4.69, 9.17) is 13.8 Å². The molecule has 0 fully saturated rings. The van der Waals surface area contributed by atoms with Gasteiger partial charge in [-0.25, -0.2) is 0 Å². The molecular formula is C65H117N2O7P. The Labute approximate surface area is 463 Å². The number of phosphoric ester groups is 1. The molecule has 75 heavy (non-hydrogen) atoms. The van der Waals surface area contributed by atoms with Gasteiger partial charge in [-0.1, -0.05) is 241 Å². The molecule has 1 amide bonds. The highest BCUT2D eigenvalue weighted by Gasteiger charge is 2.27. The molecule has 0 rings (SSSR count). The Morgan fingerprint density at radius 2 is 0.827 bits per heavy atom. The number of carbonyl (C=O) groups excluding carboxylic acids is 2. The summed E-state index contributed by atoms with van der Waals surface area (Å²) in [6, 6.07) is -0.920. The minimum absolute atomic E-state index is 0.0353. The lowest BCUT2D eigenvalue weighted by atomic mass is 10.0. The molecule has 10 heteroatoms. The number of hydrogen-bond donors (Lipinski definition) is 1. The summed E-state index contributed by atoms with van der Waals surface area (Å²) in [6.45, 7) is 6.76. The SMILES string of the molecule is CCCCC/C=C\C/C=C\C/C=C\C/C=C\CCCCCCCCCC(=O)NC(COP(=O)([O-])OCC[N+](C)(C)C)C(/C=C\CCCCCCCCCCCCC)OC(=O)CC/C=C/C/C=C\CCCCCCCC. The van der Waals surface area contributed by atoms with Crippen molar-refractivity contribution in [1.29, 1.82) is 0 Å². The molecule has 3 atom stereocenters. The quantitative estimate of drug-likeness (QED) is 0.0212. The average Bonchev–Trinajstić information content (AvgIpc) is 3.37. The van der Waals surface area contributed by atoms with E-state index in [9.17, 15) is 19.0 Å². The number of esters is 1. The topological polar surface area (TPSA) is 114 Å². The van der Waals surface area contributed by atoms with Crippen LogP contribution in [-0.2, 0) is 27.9 Å². The Morgan fingerprint density at radius 3 is 1.27 bits per heavy atom. The van der Waals surface area contributed by atoms with Crippen LogP contribution in [0.1, 0.15) is 265 Å². The smallest absolute Gasteiger partial charge is 0.306 e. The fourth-order valence-corrected chi connectivity index (χ4v) is 9.22. The molecule has 0 spiro atoms. The second-order valence-corrected chi connectivity index (χ2v) is 23.3. The minimum atomic E-state index is -4.71. The van der Waals surface area contributed by atoms with E-state index in [0.717, 1.165) is 83.5 Å². The average molecular weight is 1070 g/mol. The van der Waals surface area contributed by atoms with Gasteiger partial charge in [0, 0.05) is 12.8 Å². The van der Waals surface area contributed by atoms with Crippen molar-refractivity contribution in [3.05, 3.63) is 85.1 Å². The number of allylic oxidation sites excluding steroid dienone is 13. The van der Waals surface area contributed by atoms with Crippen LogP contribution in [0.5, 0.6) is 0 Å². The van der Waals surface area contributed by atoms with E-state index in [1.165, 1.54) is 141 Å². The maximum absolute atomic E-state index is 13.5. The molecule has 9 nitrogen and oxygen atoms in total. The first-order valence-electron chi connectivity index (χ1n) is 30.9. The Kier molecular flexibility index (Phi) is 52.5. The van der Waals surface area contributed by atoms with E-state index < -0.39 is 32.5 Å². The summed E-state index contributed by atoms with van der Waals surface area (Å²) in [5, 5.41) is 3.01. The van der Waals surface area contributed by atoms with Gasteiger partial charge in [-0.15, -0.1) is 0 Å². The number of amides is 1. The maximum atomic E-state index is 13.5. The van der Waals surface area contributed by atoms with Crippen molar-refractivity contribution in [3.63, 3.8) is 0 Å². The zero-order valence-corrected chi connectivity index (χ0v) is 50.4. The van der Waals surface area contributed by atoms with E-state index in [1.54, 1.807) is 0 Å². The first-order valence-corrected chi connectivity index (χ1v) is 32.4. The van der Waals surface area contributed by atoms with Crippen molar-refractivity contribution < 1.29 is 37.3 Å². The van der Waals surface area contributed by atoms with E-state index in [2.05, 4.69) is 92.9 Å². The van der Waals surface area contributed by atoms with Gasteiger partial charge in [0.25, 0.3) is 7.82 Å². The van der Waals surface area contributed by atoms with Gasteiger partial charge in [0.05, 0.1) is 33.8 Å². The monoisotopic (exact) mass is 1070 g/mol. The summed E-state index contributed by atoms with van der Waals surface area (Å²) < 4.78 is 30.2. The van der Waals surface area contributed by atoms with Gasteiger partial charge in [0.15, 0.2) is 0 Å². The van der Waals surface area contributed by atoms with Crippen molar-refractivity contribution in [2.75, 3.05) is 40.9 Å². The molecule has 0 bridgehead atoms. The van der Waals surface area contributed by atoms with Gasteiger partial charge in [0.2, 0.25) is 5.91 Å². The number of ether oxygens (including phenoxy) is 1. The van der Waals surface area contributed by atoms with Crippen molar-refractivity contribution in [2.45, 2.75) is 277 Å². The predicted octanol–water partition coefficient (Wildman–Crippen LogP) is 18.4. The van der Waals surface area contributed by atoms with Crippen LogP contribution in [0.4, 0.5) is 0 Å². The third-order valence-electron chi connectivity index (χ3n) is 13.3. The highest BCUT2D eigenvalue weighted by molar-refractivity contribution is 7.45. The lowest BCUT2D eigenvalue weighted by Crippen LogP contribution is -2.47. The number of quaternary nitrogens is 1. The van der Waals surface area contributed by atoms with Crippen LogP contribution in [0.25, 0.3) is 0 Å². The first-order chi connectivity index (χ1) is 36.4. The third kappa shape index (κ3) is 55.7. The predicted molar refractivity (Wildman–Crippen MR) is 321 cm³/mol. The molecule has 0 saturated heterocycles. The minimum Gasteiger partial charge on any atom is -0.756 e. The van der Waals surface area contributed by atoms with E-state index in [0.29, 0.717) is 23.9 Å². The number of rotatable bonds is 55. The van der Waals surface area contributed by atoms with Gasteiger partial charge >= 0.3 is 5.97 Å². The Hall–Kier alpha value is -2.81. The summed E-state index contributed by atoms with van der Waals surface area (Å²) in [7, 11) is 1.14. The highest BCUT2D eigenvalue weighted by atomic mass is 31.2. The Balaban J connectivity index is 5.30. The fraction of sp³-hybridized carbons (Fsp3) is 0.754. The summed E-state index contributed by atoms with van der Waals surface area (Å²) in [5.74, 6) is -0.632. The summed E-state index contributed by atoms with van der Waals surface area (Å²) in [4.78, 5) is 39.9. The maximum Gasteiger partial charge on any atom is 0.306 e. The molecule has 0 saturated carbocycles. The van der Waals surface area contributed by atoms with E-state index in [1.807, 2.05) is 39.4 Å². The fourth-order valence-electron chi connectivity index (χ4n) is 8.50. The van der Waals surface area contributed by atoms with Gasteiger partial charge in [-0.3, -0.25) is 14.2 Å². The van der Waals surface area contributed by atoms with Gasteiger partial charge in [-0.2, -0.15) is 0 Å². The van der Waals surface area contributed by atoms with Crippen LogP contribution in [0.2, 0.25) is 0 Å². The molecule has 0 radical (unpaired) electrons. The number of likely N-dealkylation sites (N-methyl/N-ethyl adjacent to an activating group) is 1. The molecule has 0 aliphatic heterocycles. The van der Waals surface area contributed by atoms with Crippen LogP contribution in [0.3, 0.4) is 0 Å². The van der Waals surface area contributed by atoms with Gasteiger partial charge in [-0.05, 0) is 96.0 Å². The molecule has 3 unspecified atom stereocenters. The molecule has 0 heterocycles. The standard InChI is InChI=1S/C65H117N2O7P/c1-7-10-13-16-19-22-25-28-29-30-31-32-33-34-35-36-37-40-42-45-48-51-54-57-64(68)66-62(61-73-75(70,71)72-60-59-67(4,5)6)63(56-53-50-47-44-41-38-26-23-20-17-14-11-8-2)74-65(69)58-55-52-49-46-43-39-27-24-21-18-15-12-9-3/h19,22,28-29,31-32,34-35,39,43,49,52-53,56,62-63H,7-18,20-21,23-27,30,33,36-38,40-42,44-48,50-51,54-55,57-61H2,1-6H3,(H-,66,68,70,71)/b22-19-,29-28-,32-31-,35-34-,43-39-,52-49+,56-53-. The summed E-state index contributed by atoms with van der Waals surface area (Å²) in [6.07, 6.45) is 71.3. The number of phosphoric acid groups is 1. The molecule has 0 aromatic rings. The number of nitrogens with zero attached hydrogens (tertiary/aromatic N) is 1. The van der Waals surface area contributed by atoms with Gasteiger partial charge in [0.1, 0.15) is 19.3 Å². The Morgan fingerprint density at radius 1 is 0.467 bits per heavy atom. The first kappa shape index (κ1) is 72.2. The normalized spacial score (nSPS) is 14.3. The second-order valence-electron chi connectivity index (χ2n) is 21.8. The molecule has 434 valence electrons. The Bertz CT molecular complexity index is 1560. The zero-order chi connectivity index (χ0) is 55.0. The van der Waals surface area contributed by atoms with Crippen LogP contribution >= 0.6 is 7.82 Å². The zero-order valence-electron chi connectivity index (χ0n) is 49.5. The van der Waals surface area contributed by atoms with Crippen molar-refractivity contribution in [1.82, 2.24) is 5.32 Å². The number of unbranched alkanes of at least 4 members (excludes halogenated alkanes) is 27. The van der Waals surface area contributed by atoms with Crippen molar-refractivity contribution in [2.24, 2.45) is 0 Å². The summed E-state index contributed by atoms with van der Waals surface area (Å²) >= 11 is 0. The lowest BCUT2D eigenvalue weighted by Gasteiger charge is -2.30. The van der Waals surface area contributed by atoms with E-state index >= 15 is 0 Å².